The highest BCUT2D eigenvalue weighted by Gasteiger charge is 2.30. The van der Waals surface area contributed by atoms with Crippen LogP contribution in [0.5, 0.6) is 11.5 Å². The first kappa shape index (κ1) is 27.2. The molecular weight excluding hydrogens is 514 g/mol. The number of nitrogens with zero attached hydrogens (tertiary/aromatic N) is 4. The van der Waals surface area contributed by atoms with Gasteiger partial charge in [-0.25, -0.2) is 4.99 Å². The van der Waals surface area contributed by atoms with Crippen molar-refractivity contribution in [2.75, 3.05) is 13.1 Å². The maximum absolute atomic E-state index is 12.7. The summed E-state index contributed by atoms with van der Waals surface area (Å²) in [6, 6.07) is 26.9. The Bertz CT molecular complexity index is 1690. The number of hydrogen-bond donors (Lipinski definition) is 2. The Labute approximate surface area is 238 Å². The lowest BCUT2D eigenvalue weighted by molar-refractivity contribution is -0.136. The number of aromatic nitrogens is 1. The Balaban J connectivity index is 1.50. The number of carbonyl (C=O) groups is 1. The van der Waals surface area contributed by atoms with Crippen LogP contribution in [0.2, 0.25) is 0 Å². The van der Waals surface area contributed by atoms with Crippen LogP contribution < -0.4 is 10.5 Å². The number of amides is 1. The first-order valence-corrected chi connectivity index (χ1v) is 13.1. The second-order valence-electron chi connectivity index (χ2n) is 9.64. The summed E-state index contributed by atoms with van der Waals surface area (Å²) in [6.07, 6.45) is 4.43. The van der Waals surface area contributed by atoms with E-state index in [0.717, 1.165) is 33.8 Å². The van der Waals surface area contributed by atoms with Crippen LogP contribution in [0, 0.1) is 18.3 Å². The van der Waals surface area contributed by atoms with Crippen molar-refractivity contribution >= 4 is 17.8 Å². The molecule has 0 saturated carbocycles. The number of para-hydroxylation sites is 1. The quantitative estimate of drug-likeness (QED) is 0.137. The van der Waals surface area contributed by atoms with Gasteiger partial charge in [0.1, 0.15) is 29.0 Å². The van der Waals surface area contributed by atoms with Crippen LogP contribution >= 0.6 is 0 Å². The van der Waals surface area contributed by atoms with Gasteiger partial charge in [0.15, 0.2) is 0 Å². The molecule has 1 fully saturated rings. The Morgan fingerprint density at radius 3 is 2.46 bits per heavy atom. The summed E-state index contributed by atoms with van der Waals surface area (Å²) in [7, 11) is 0. The van der Waals surface area contributed by atoms with Crippen molar-refractivity contribution in [2.45, 2.75) is 13.0 Å². The first-order chi connectivity index (χ1) is 19.9. The molecule has 3 aromatic carbocycles. The molecule has 41 heavy (non-hydrogen) atoms. The summed E-state index contributed by atoms with van der Waals surface area (Å²) in [6.45, 7) is 6.12. The largest absolute Gasteiger partial charge is 0.457 e. The molecule has 0 atom stereocenters. The van der Waals surface area contributed by atoms with Crippen LogP contribution in [0.3, 0.4) is 0 Å². The van der Waals surface area contributed by atoms with Crippen molar-refractivity contribution in [3.63, 3.8) is 0 Å². The normalized spacial score (nSPS) is 13.8. The number of likely N-dealkylation sites (tertiary alicyclic amines) is 1. The zero-order valence-electron chi connectivity index (χ0n) is 22.6. The maximum Gasteiger partial charge on any atom is 0.264 e. The maximum atomic E-state index is 12.7. The molecule has 1 aliphatic rings. The van der Waals surface area contributed by atoms with Gasteiger partial charge < -0.3 is 25.0 Å². The molecular formula is C33H29N5O3. The lowest BCUT2D eigenvalue weighted by atomic mass is 10.0. The lowest BCUT2D eigenvalue weighted by Crippen LogP contribution is -2.53. The molecule has 1 aliphatic heterocycles. The zero-order chi connectivity index (χ0) is 28.9. The standard InChI is InChI=1S/C33H29N5O3/c1-3-36-32(35)31-22(2)38(21-30(31)24-12-14-29(15-13-24)41-28-10-5-4-6-11-28)26-9-7-8-23(17-26)16-25(18-34)33(40)37-19-27(39)20-37/h3-17,21,27,39H,1,19-20H2,2H3,(H2,35,36). The van der Waals surface area contributed by atoms with Gasteiger partial charge in [-0.1, -0.05) is 49.0 Å². The predicted molar refractivity (Wildman–Crippen MR) is 160 cm³/mol. The van der Waals surface area contributed by atoms with Crippen LogP contribution in [0.1, 0.15) is 16.8 Å². The molecule has 0 spiro atoms. The fraction of sp³-hybridized carbons (Fsp3) is 0.121. The number of nitrogens with two attached hydrogens (primary N) is 1. The van der Waals surface area contributed by atoms with E-state index in [4.69, 9.17) is 10.5 Å². The van der Waals surface area contributed by atoms with Crippen LogP contribution in [0.4, 0.5) is 0 Å². The van der Waals surface area contributed by atoms with Gasteiger partial charge in [-0.2, -0.15) is 5.26 Å². The number of nitriles is 1. The van der Waals surface area contributed by atoms with Gasteiger partial charge >= 0.3 is 0 Å². The highest BCUT2D eigenvalue weighted by molar-refractivity contribution is 6.05. The van der Waals surface area contributed by atoms with E-state index in [1.165, 1.54) is 11.1 Å². The third kappa shape index (κ3) is 5.81. The minimum Gasteiger partial charge on any atom is -0.457 e. The molecule has 204 valence electrons. The second-order valence-corrected chi connectivity index (χ2v) is 9.64. The van der Waals surface area contributed by atoms with Crippen LogP contribution in [-0.2, 0) is 4.79 Å². The van der Waals surface area contributed by atoms with Gasteiger partial charge in [0, 0.05) is 48.0 Å². The molecule has 3 N–H and O–H groups in total. The van der Waals surface area contributed by atoms with Crippen molar-refractivity contribution in [2.24, 2.45) is 10.7 Å². The predicted octanol–water partition coefficient (Wildman–Crippen LogP) is 5.20. The number of β-amino-alcohol motifs (C(OH)–C–C–N with tert-alkyl or cyclic N) is 1. The van der Waals surface area contributed by atoms with E-state index in [1.54, 1.807) is 6.08 Å². The zero-order valence-corrected chi connectivity index (χ0v) is 22.6. The van der Waals surface area contributed by atoms with E-state index in [2.05, 4.69) is 11.6 Å². The van der Waals surface area contributed by atoms with Gasteiger partial charge in [0.25, 0.3) is 5.91 Å². The third-order valence-corrected chi connectivity index (χ3v) is 6.84. The van der Waals surface area contributed by atoms with Gasteiger partial charge in [0.2, 0.25) is 0 Å². The van der Waals surface area contributed by atoms with E-state index in [9.17, 15) is 15.2 Å². The minimum atomic E-state index is -0.535. The van der Waals surface area contributed by atoms with Crippen molar-refractivity contribution < 1.29 is 14.6 Å². The third-order valence-electron chi connectivity index (χ3n) is 6.84. The molecule has 0 unspecified atom stereocenters. The monoisotopic (exact) mass is 543 g/mol. The van der Waals surface area contributed by atoms with Crippen molar-refractivity contribution in [1.82, 2.24) is 9.47 Å². The number of rotatable bonds is 8. The lowest BCUT2D eigenvalue weighted by Gasteiger charge is -2.35. The summed E-state index contributed by atoms with van der Waals surface area (Å²) < 4.78 is 7.95. The van der Waals surface area contributed by atoms with Gasteiger partial charge in [-0.3, -0.25) is 4.79 Å². The Hall–Kier alpha value is -5.39. The molecule has 0 aliphatic carbocycles. The summed E-state index contributed by atoms with van der Waals surface area (Å²) in [5, 5.41) is 19.1. The highest BCUT2D eigenvalue weighted by atomic mass is 16.5. The van der Waals surface area contributed by atoms with E-state index >= 15 is 0 Å². The first-order valence-electron chi connectivity index (χ1n) is 13.1. The molecule has 2 heterocycles. The van der Waals surface area contributed by atoms with Crippen LogP contribution in [0.15, 0.2) is 108 Å². The Kier molecular flexibility index (Phi) is 7.81. The fourth-order valence-corrected chi connectivity index (χ4v) is 4.77. The van der Waals surface area contributed by atoms with Gasteiger partial charge in [-0.05, 0) is 60.5 Å². The molecule has 0 bridgehead atoms. The number of aliphatic imine (C=N–C) groups is 1. The number of benzene rings is 3. The van der Waals surface area contributed by atoms with E-state index in [1.807, 2.05) is 103 Å². The number of amidine groups is 1. The summed E-state index contributed by atoms with van der Waals surface area (Å²) in [4.78, 5) is 18.4. The second kappa shape index (κ2) is 11.8. The summed E-state index contributed by atoms with van der Waals surface area (Å²) >= 11 is 0. The minimum absolute atomic E-state index is 0.0137. The molecule has 1 amide bonds. The van der Waals surface area contributed by atoms with Crippen molar-refractivity contribution in [3.8, 4) is 34.4 Å². The molecule has 1 aromatic heterocycles. The van der Waals surface area contributed by atoms with Crippen LogP contribution in [-0.4, -0.2) is 45.5 Å². The molecule has 4 aromatic rings. The smallest absolute Gasteiger partial charge is 0.264 e. The number of carbonyl (C=O) groups excluding carboxylic acids is 1. The average molecular weight is 544 g/mol. The number of aliphatic hydroxyl groups is 1. The van der Waals surface area contributed by atoms with Crippen LogP contribution in [0.25, 0.3) is 22.9 Å². The molecule has 1 saturated heterocycles. The summed E-state index contributed by atoms with van der Waals surface area (Å²) in [5.74, 6) is 1.41. The van der Waals surface area contributed by atoms with E-state index < -0.39 is 12.0 Å². The van der Waals surface area contributed by atoms with Crippen molar-refractivity contribution in [3.05, 3.63) is 120 Å². The number of hydrogen-bond acceptors (Lipinski definition) is 5. The summed E-state index contributed by atoms with van der Waals surface area (Å²) in [5.41, 5.74) is 11.4. The van der Waals surface area contributed by atoms with Crippen molar-refractivity contribution in [1.29, 1.82) is 5.26 Å². The Morgan fingerprint density at radius 1 is 1.10 bits per heavy atom. The van der Waals surface area contributed by atoms with E-state index in [0.29, 0.717) is 17.1 Å². The molecule has 8 nitrogen and oxygen atoms in total. The highest BCUT2D eigenvalue weighted by Crippen LogP contribution is 2.32. The van der Waals surface area contributed by atoms with Gasteiger partial charge in [-0.15, -0.1) is 0 Å². The molecule has 0 radical (unpaired) electrons. The van der Waals surface area contributed by atoms with E-state index in [-0.39, 0.29) is 18.7 Å². The molecule has 5 rings (SSSR count). The average Bonchev–Trinajstić information content (AvgIpc) is 3.32. The topological polar surface area (TPSA) is 117 Å². The van der Waals surface area contributed by atoms with Gasteiger partial charge in [0.05, 0.1) is 6.10 Å². The number of ether oxygens (including phenoxy) is 1. The SMILES string of the molecule is C=CN=C(N)c1c(-c2ccc(Oc3ccccc3)cc2)cn(-c2cccc(C=C(C#N)C(=O)N3CC(O)C3)c2)c1C. The fourth-order valence-electron chi connectivity index (χ4n) is 4.77. The molecule has 8 heteroatoms. The Morgan fingerprint density at radius 2 is 1.80 bits per heavy atom. The number of aliphatic hydroxyl groups excluding tert-OH is 1.